The van der Waals surface area contributed by atoms with Crippen LogP contribution in [0.4, 0.5) is 13.2 Å². The molecule has 2 nitrogen and oxygen atoms in total. The summed E-state index contributed by atoms with van der Waals surface area (Å²) in [5, 5.41) is 8.75. The van der Waals surface area contributed by atoms with Gasteiger partial charge in [0.25, 0.3) is 6.43 Å². The van der Waals surface area contributed by atoms with Crippen LogP contribution in [0.25, 0.3) is 0 Å². The standard InChI is InChI=1S/C12H11F3O2/c13-9-5-7(1-2-8(9)11(14)15)12(3-4-12)6-10(16)17/h1-2,5,11H,3-4,6H2,(H,16,17). The van der Waals surface area contributed by atoms with Crippen molar-refractivity contribution in [1.82, 2.24) is 0 Å². The van der Waals surface area contributed by atoms with E-state index in [2.05, 4.69) is 0 Å². The van der Waals surface area contributed by atoms with Crippen LogP contribution in [0.5, 0.6) is 0 Å². The van der Waals surface area contributed by atoms with Gasteiger partial charge in [-0.2, -0.15) is 0 Å². The van der Waals surface area contributed by atoms with E-state index in [-0.39, 0.29) is 6.42 Å². The van der Waals surface area contributed by atoms with Gasteiger partial charge in [-0.1, -0.05) is 12.1 Å². The molecule has 0 amide bonds. The van der Waals surface area contributed by atoms with Crippen LogP contribution in [0.15, 0.2) is 18.2 Å². The molecular formula is C12H11F3O2. The summed E-state index contributed by atoms with van der Waals surface area (Å²) < 4.78 is 38.1. The molecule has 1 saturated carbocycles. The Morgan fingerprint density at radius 1 is 1.41 bits per heavy atom. The highest BCUT2D eigenvalue weighted by atomic mass is 19.3. The predicted molar refractivity (Wildman–Crippen MR) is 54.5 cm³/mol. The first kappa shape index (κ1) is 12.0. The second kappa shape index (κ2) is 4.05. The van der Waals surface area contributed by atoms with E-state index in [4.69, 9.17) is 5.11 Å². The number of carbonyl (C=O) groups is 1. The zero-order valence-electron chi connectivity index (χ0n) is 8.92. The van der Waals surface area contributed by atoms with Crippen molar-refractivity contribution < 1.29 is 23.1 Å². The smallest absolute Gasteiger partial charge is 0.304 e. The van der Waals surface area contributed by atoms with Gasteiger partial charge in [0, 0.05) is 5.41 Å². The molecule has 0 saturated heterocycles. The van der Waals surface area contributed by atoms with Crippen molar-refractivity contribution in [3.63, 3.8) is 0 Å². The molecule has 0 unspecified atom stereocenters. The van der Waals surface area contributed by atoms with Gasteiger partial charge in [-0.3, -0.25) is 4.79 Å². The Hall–Kier alpha value is -1.52. The minimum absolute atomic E-state index is 0.0829. The molecule has 0 heterocycles. The molecule has 1 aliphatic rings. The van der Waals surface area contributed by atoms with Crippen molar-refractivity contribution in [2.45, 2.75) is 31.1 Å². The summed E-state index contributed by atoms with van der Waals surface area (Å²) in [6.45, 7) is 0. The van der Waals surface area contributed by atoms with Crippen molar-refractivity contribution >= 4 is 5.97 Å². The van der Waals surface area contributed by atoms with Crippen molar-refractivity contribution in [3.8, 4) is 0 Å². The van der Waals surface area contributed by atoms with Gasteiger partial charge < -0.3 is 5.11 Å². The lowest BCUT2D eigenvalue weighted by molar-refractivity contribution is -0.137. The number of aliphatic carboxylic acids is 1. The molecule has 1 aliphatic carbocycles. The van der Waals surface area contributed by atoms with E-state index in [1.165, 1.54) is 6.07 Å². The molecule has 0 bridgehead atoms. The summed E-state index contributed by atoms with van der Waals surface area (Å²) in [5.74, 6) is -1.92. The third-order valence-electron chi connectivity index (χ3n) is 3.19. The van der Waals surface area contributed by atoms with Crippen LogP contribution in [0, 0.1) is 5.82 Å². The molecule has 17 heavy (non-hydrogen) atoms. The topological polar surface area (TPSA) is 37.3 Å². The fourth-order valence-corrected chi connectivity index (χ4v) is 2.04. The van der Waals surface area contributed by atoms with Gasteiger partial charge in [-0.25, -0.2) is 13.2 Å². The molecule has 5 heteroatoms. The van der Waals surface area contributed by atoms with Crippen LogP contribution in [-0.2, 0) is 10.2 Å². The molecule has 0 aromatic heterocycles. The number of hydrogen-bond donors (Lipinski definition) is 1. The Labute approximate surface area is 96.1 Å². The Morgan fingerprint density at radius 2 is 2.06 bits per heavy atom. The highest BCUT2D eigenvalue weighted by Crippen LogP contribution is 2.51. The minimum Gasteiger partial charge on any atom is -0.481 e. The van der Waals surface area contributed by atoms with Crippen molar-refractivity contribution in [3.05, 3.63) is 35.1 Å². The fourth-order valence-electron chi connectivity index (χ4n) is 2.04. The molecular weight excluding hydrogens is 233 g/mol. The quantitative estimate of drug-likeness (QED) is 0.882. The normalized spacial score (nSPS) is 17.2. The van der Waals surface area contributed by atoms with Gasteiger partial charge in [0.1, 0.15) is 5.82 Å². The molecule has 2 rings (SSSR count). The van der Waals surface area contributed by atoms with Crippen LogP contribution in [0.1, 0.15) is 36.8 Å². The van der Waals surface area contributed by atoms with Crippen molar-refractivity contribution in [1.29, 1.82) is 0 Å². The van der Waals surface area contributed by atoms with E-state index in [9.17, 15) is 18.0 Å². The Kier molecular flexibility index (Phi) is 2.85. The first-order valence-electron chi connectivity index (χ1n) is 5.24. The summed E-state index contributed by atoms with van der Waals surface area (Å²) in [7, 11) is 0. The number of halogens is 3. The van der Waals surface area contributed by atoms with Gasteiger partial charge >= 0.3 is 5.97 Å². The summed E-state index contributed by atoms with van der Waals surface area (Å²) in [6, 6.07) is 3.48. The maximum atomic E-state index is 13.4. The van der Waals surface area contributed by atoms with Crippen LogP contribution >= 0.6 is 0 Å². The number of hydrogen-bond acceptors (Lipinski definition) is 1. The second-order valence-electron chi connectivity index (χ2n) is 4.39. The van der Waals surface area contributed by atoms with Gasteiger partial charge in [0.05, 0.1) is 12.0 Å². The molecule has 0 aliphatic heterocycles. The highest BCUT2D eigenvalue weighted by Gasteiger charge is 2.46. The maximum absolute atomic E-state index is 13.4. The molecule has 0 atom stereocenters. The summed E-state index contributed by atoms with van der Waals surface area (Å²) >= 11 is 0. The Balaban J connectivity index is 2.29. The van der Waals surface area contributed by atoms with Crippen LogP contribution < -0.4 is 0 Å². The summed E-state index contributed by atoms with van der Waals surface area (Å²) in [4.78, 5) is 10.7. The fraction of sp³-hybridized carbons (Fsp3) is 0.417. The minimum atomic E-state index is -2.85. The molecule has 1 aromatic rings. The maximum Gasteiger partial charge on any atom is 0.304 e. The van der Waals surface area contributed by atoms with Gasteiger partial charge in [0.2, 0.25) is 0 Å². The van der Waals surface area contributed by atoms with Crippen LogP contribution in [0.2, 0.25) is 0 Å². The monoisotopic (exact) mass is 244 g/mol. The lowest BCUT2D eigenvalue weighted by Crippen LogP contribution is -2.13. The predicted octanol–water partition coefficient (Wildman–Crippen LogP) is 3.27. The zero-order chi connectivity index (χ0) is 12.6. The number of carboxylic acid groups (broad SMARTS) is 1. The van der Waals surface area contributed by atoms with E-state index in [1.54, 1.807) is 0 Å². The lowest BCUT2D eigenvalue weighted by Gasteiger charge is -2.14. The molecule has 1 fully saturated rings. The van der Waals surface area contributed by atoms with Crippen LogP contribution in [0.3, 0.4) is 0 Å². The first-order chi connectivity index (χ1) is 7.94. The molecule has 0 radical (unpaired) electrons. The SMILES string of the molecule is O=C(O)CC1(c2ccc(C(F)F)c(F)c2)CC1. The average Bonchev–Trinajstić information content (AvgIpc) is 2.97. The first-order valence-corrected chi connectivity index (χ1v) is 5.24. The summed E-state index contributed by atoms with van der Waals surface area (Å²) in [5.41, 5.74) is -0.686. The number of benzene rings is 1. The van der Waals surface area contributed by atoms with Crippen LogP contribution in [-0.4, -0.2) is 11.1 Å². The lowest BCUT2D eigenvalue weighted by atomic mass is 9.91. The number of alkyl halides is 2. The van der Waals surface area contributed by atoms with E-state index in [0.29, 0.717) is 18.4 Å². The summed E-state index contributed by atoms with van der Waals surface area (Å²) in [6.07, 6.45) is -1.61. The van der Waals surface area contributed by atoms with Crippen molar-refractivity contribution in [2.75, 3.05) is 0 Å². The third kappa shape index (κ3) is 2.28. The molecule has 0 spiro atoms. The van der Waals surface area contributed by atoms with Crippen molar-refractivity contribution in [2.24, 2.45) is 0 Å². The zero-order valence-corrected chi connectivity index (χ0v) is 8.92. The molecule has 92 valence electrons. The van der Waals surface area contributed by atoms with E-state index < -0.39 is 29.2 Å². The van der Waals surface area contributed by atoms with Gasteiger partial charge in [0.15, 0.2) is 0 Å². The number of rotatable bonds is 4. The highest BCUT2D eigenvalue weighted by molar-refractivity contribution is 5.70. The second-order valence-corrected chi connectivity index (χ2v) is 4.39. The average molecular weight is 244 g/mol. The molecule has 1 aromatic carbocycles. The van der Waals surface area contributed by atoms with E-state index in [1.807, 2.05) is 0 Å². The van der Waals surface area contributed by atoms with Gasteiger partial charge in [-0.15, -0.1) is 0 Å². The molecule has 1 N–H and O–H groups in total. The third-order valence-corrected chi connectivity index (χ3v) is 3.19. The van der Waals surface area contributed by atoms with Gasteiger partial charge in [-0.05, 0) is 24.5 Å². The number of carboxylic acids is 1. The Morgan fingerprint density at radius 3 is 2.47 bits per heavy atom. The van der Waals surface area contributed by atoms with E-state index in [0.717, 1.165) is 12.1 Å². The van der Waals surface area contributed by atoms with E-state index >= 15 is 0 Å². The largest absolute Gasteiger partial charge is 0.481 e. The Bertz CT molecular complexity index is 453.